The molecule has 1 heterocycles. The number of aromatic carboxylic acids is 1. The van der Waals surface area contributed by atoms with Crippen LogP contribution < -0.4 is 0 Å². The zero-order valence-electron chi connectivity index (χ0n) is 11.3. The molecule has 1 aliphatic rings. The lowest BCUT2D eigenvalue weighted by atomic mass is 9.95. The van der Waals surface area contributed by atoms with Crippen LogP contribution in [-0.4, -0.2) is 50.1 Å². The monoisotopic (exact) mass is 333 g/mol. The molecule has 0 spiro atoms. The molecule has 0 aliphatic carbocycles. The van der Waals surface area contributed by atoms with Gasteiger partial charge in [-0.25, -0.2) is 21.6 Å². The average molecular weight is 333 g/mol. The Kier molecular flexibility index (Phi) is 4.09. The van der Waals surface area contributed by atoms with Crippen LogP contribution in [0.4, 0.5) is 0 Å². The molecule has 1 aromatic rings. The summed E-state index contributed by atoms with van der Waals surface area (Å²) in [5, 5.41) is 8.17. The Morgan fingerprint density at radius 1 is 1.29 bits per heavy atom. The van der Waals surface area contributed by atoms with E-state index in [0.29, 0.717) is 11.1 Å². The van der Waals surface area contributed by atoms with Crippen molar-refractivity contribution in [3.05, 3.63) is 34.9 Å². The lowest BCUT2D eigenvalue weighted by Gasteiger charge is -2.28. The van der Waals surface area contributed by atoms with Gasteiger partial charge < -0.3 is 5.11 Å². The number of rotatable bonds is 4. The van der Waals surface area contributed by atoms with E-state index < -0.39 is 30.9 Å². The topological polar surface area (TPSA) is 109 Å². The molecule has 0 saturated heterocycles. The van der Waals surface area contributed by atoms with Crippen molar-refractivity contribution >= 4 is 25.8 Å². The fourth-order valence-corrected chi connectivity index (χ4v) is 5.83. The van der Waals surface area contributed by atoms with Gasteiger partial charge in [0.2, 0.25) is 10.0 Å². The van der Waals surface area contributed by atoms with Crippen LogP contribution in [-0.2, 0) is 32.8 Å². The molecule has 7 nitrogen and oxygen atoms in total. The second kappa shape index (κ2) is 5.39. The average Bonchev–Trinajstić information content (AvgIpc) is 2.34. The summed E-state index contributed by atoms with van der Waals surface area (Å²) in [6.45, 7) is 0.0729. The summed E-state index contributed by atoms with van der Waals surface area (Å²) in [5.74, 6) is -1.06. The third-order valence-electron chi connectivity index (χ3n) is 3.22. The highest BCUT2D eigenvalue weighted by atomic mass is 32.3. The molecule has 116 valence electrons. The summed E-state index contributed by atoms with van der Waals surface area (Å²) in [4.78, 5) is 11.1. The van der Waals surface area contributed by atoms with Crippen molar-refractivity contribution in [3.63, 3.8) is 0 Å². The van der Waals surface area contributed by atoms with E-state index >= 15 is 0 Å². The standard InChI is InChI=1S/C12H15NO6S2/c1-20(16,17)8-21(18,19)13-6-5-10-9(7-13)3-2-4-11(10)12(14)15/h2-4H,5-8H2,1H3,(H,14,15). The Balaban J connectivity index is 2.33. The second-order valence-corrected chi connectivity index (χ2v) is 9.46. The maximum Gasteiger partial charge on any atom is 0.335 e. The predicted octanol–water partition coefficient (Wildman–Crippen LogP) is 0.0748. The molecule has 0 radical (unpaired) electrons. The van der Waals surface area contributed by atoms with Crippen LogP contribution in [0.15, 0.2) is 18.2 Å². The van der Waals surface area contributed by atoms with Crippen LogP contribution >= 0.6 is 0 Å². The van der Waals surface area contributed by atoms with E-state index in [4.69, 9.17) is 5.11 Å². The third kappa shape index (κ3) is 3.60. The minimum atomic E-state index is -3.92. The van der Waals surface area contributed by atoms with Crippen molar-refractivity contribution in [2.45, 2.75) is 13.0 Å². The predicted molar refractivity (Wildman–Crippen MR) is 76.1 cm³/mol. The lowest BCUT2D eigenvalue weighted by Crippen LogP contribution is -2.39. The van der Waals surface area contributed by atoms with Gasteiger partial charge in [-0.3, -0.25) is 0 Å². The number of hydrogen-bond donors (Lipinski definition) is 1. The van der Waals surface area contributed by atoms with Crippen molar-refractivity contribution in [2.24, 2.45) is 0 Å². The maximum absolute atomic E-state index is 12.1. The first kappa shape index (κ1) is 15.9. The van der Waals surface area contributed by atoms with Gasteiger partial charge >= 0.3 is 5.97 Å². The molecule has 0 fully saturated rings. The van der Waals surface area contributed by atoms with Crippen molar-refractivity contribution < 1.29 is 26.7 Å². The molecule has 21 heavy (non-hydrogen) atoms. The van der Waals surface area contributed by atoms with E-state index in [0.717, 1.165) is 10.6 Å². The number of carbonyl (C=O) groups is 1. The first-order valence-electron chi connectivity index (χ1n) is 6.10. The molecule has 1 aromatic carbocycles. The number of benzene rings is 1. The van der Waals surface area contributed by atoms with Gasteiger partial charge in [-0.1, -0.05) is 12.1 Å². The highest BCUT2D eigenvalue weighted by molar-refractivity contribution is 8.06. The van der Waals surface area contributed by atoms with Gasteiger partial charge in [0, 0.05) is 19.3 Å². The Bertz CT molecular complexity index is 782. The van der Waals surface area contributed by atoms with E-state index in [9.17, 15) is 21.6 Å². The van der Waals surface area contributed by atoms with E-state index in [1.54, 1.807) is 12.1 Å². The molecular formula is C12H15NO6S2. The van der Waals surface area contributed by atoms with E-state index in [-0.39, 0.29) is 25.1 Å². The van der Waals surface area contributed by atoms with Gasteiger partial charge in [0.25, 0.3) is 0 Å². The van der Waals surface area contributed by atoms with Gasteiger partial charge in [0.05, 0.1) is 5.56 Å². The summed E-state index contributed by atoms with van der Waals surface area (Å²) in [5.41, 5.74) is 1.36. The Morgan fingerprint density at radius 2 is 1.95 bits per heavy atom. The number of fused-ring (bicyclic) bond motifs is 1. The van der Waals surface area contributed by atoms with Gasteiger partial charge in [-0.15, -0.1) is 0 Å². The number of carboxylic acid groups (broad SMARTS) is 1. The number of hydrogen-bond acceptors (Lipinski definition) is 5. The minimum absolute atomic E-state index is 0.00565. The molecular weight excluding hydrogens is 318 g/mol. The van der Waals surface area contributed by atoms with Gasteiger partial charge in [-0.05, 0) is 23.6 Å². The fraction of sp³-hybridized carbons (Fsp3) is 0.417. The Labute approximate surface area is 123 Å². The first-order valence-corrected chi connectivity index (χ1v) is 9.77. The van der Waals surface area contributed by atoms with Crippen LogP contribution in [0.3, 0.4) is 0 Å². The van der Waals surface area contributed by atoms with Crippen LogP contribution in [0.1, 0.15) is 21.5 Å². The van der Waals surface area contributed by atoms with Gasteiger partial charge in [-0.2, -0.15) is 4.31 Å². The number of sulfonamides is 1. The van der Waals surface area contributed by atoms with Crippen molar-refractivity contribution in [2.75, 3.05) is 17.9 Å². The summed E-state index contributed by atoms with van der Waals surface area (Å²) in [7, 11) is -7.57. The quantitative estimate of drug-likeness (QED) is 0.835. The van der Waals surface area contributed by atoms with Gasteiger partial charge in [0.1, 0.15) is 0 Å². The SMILES string of the molecule is CS(=O)(=O)CS(=O)(=O)N1CCc2c(cccc2C(=O)O)C1. The second-order valence-electron chi connectivity index (χ2n) is 4.99. The van der Waals surface area contributed by atoms with Crippen LogP contribution in [0, 0.1) is 0 Å². The highest BCUT2D eigenvalue weighted by Crippen LogP contribution is 2.24. The third-order valence-corrected chi connectivity index (χ3v) is 7.22. The molecule has 0 bridgehead atoms. The lowest BCUT2D eigenvalue weighted by molar-refractivity contribution is 0.0695. The largest absolute Gasteiger partial charge is 0.478 e. The maximum atomic E-state index is 12.1. The summed E-state index contributed by atoms with van der Waals surface area (Å²) in [6.07, 6.45) is 1.12. The number of nitrogens with zero attached hydrogens (tertiary/aromatic N) is 1. The normalized spacial score (nSPS) is 16.4. The van der Waals surface area contributed by atoms with Crippen LogP contribution in [0.5, 0.6) is 0 Å². The van der Waals surface area contributed by atoms with Crippen LogP contribution in [0.25, 0.3) is 0 Å². The smallest absolute Gasteiger partial charge is 0.335 e. The van der Waals surface area contributed by atoms with Crippen molar-refractivity contribution in [3.8, 4) is 0 Å². The minimum Gasteiger partial charge on any atom is -0.478 e. The zero-order valence-corrected chi connectivity index (χ0v) is 12.9. The fourth-order valence-electron chi connectivity index (χ4n) is 2.37. The summed E-state index contributed by atoms with van der Waals surface area (Å²) < 4.78 is 47.6. The van der Waals surface area contributed by atoms with Crippen molar-refractivity contribution in [1.29, 1.82) is 0 Å². The molecule has 0 aromatic heterocycles. The van der Waals surface area contributed by atoms with E-state index in [2.05, 4.69) is 0 Å². The van der Waals surface area contributed by atoms with E-state index in [1.807, 2.05) is 0 Å². The Hall–Kier alpha value is -1.45. The summed E-state index contributed by atoms with van der Waals surface area (Å²) in [6, 6.07) is 4.68. The Morgan fingerprint density at radius 3 is 2.52 bits per heavy atom. The van der Waals surface area contributed by atoms with E-state index in [1.165, 1.54) is 6.07 Å². The van der Waals surface area contributed by atoms with Crippen LogP contribution in [0.2, 0.25) is 0 Å². The molecule has 0 atom stereocenters. The molecule has 2 rings (SSSR count). The molecule has 0 saturated carbocycles. The molecule has 1 aliphatic heterocycles. The van der Waals surface area contributed by atoms with Crippen molar-refractivity contribution in [1.82, 2.24) is 4.31 Å². The summed E-state index contributed by atoms with van der Waals surface area (Å²) >= 11 is 0. The zero-order chi connectivity index (χ0) is 15.8. The molecule has 1 N–H and O–H groups in total. The van der Waals surface area contributed by atoms with Gasteiger partial charge in [0.15, 0.2) is 14.9 Å². The number of carboxylic acids is 1. The number of sulfone groups is 1. The highest BCUT2D eigenvalue weighted by Gasteiger charge is 2.31. The molecule has 0 unspecified atom stereocenters. The first-order chi connectivity index (χ1) is 9.60. The molecule has 9 heteroatoms. The molecule has 0 amide bonds.